The first-order valence-corrected chi connectivity index (χ1v) is 12.9. The Balaban J connectivity index is 1.75. The Hall–Kier alpha value is -3.29. The van der Waals surface area contributed by atoms with Crippen LogP contribution in [0.3, 0.4) is 0 Å². The van der Waals surface area contributed by atoms with Gasteiger partial charge in [-0.25, -0.2) is 9.59 Å². The highest BCUT2D eigenvalue weighted by Crippen LogP contribution is 2.42. The van der Waals surface area contributed by atoms with Gasteiger partial charge in [-0.2, -0.15) is 0 Å². The molecular weight excluding hydrogens is 529 g/mol. The summed E-state index contributed by atoms with van der Waals surface area (Å²) in [7, 11) is 1.26. The Morgan fingerprint density at radius 3 is 2.32 bits per heavy atom. The molecule has 0 unspecified atom stereocenters. The molecule has 1 atom stereocenters. The van der Waals surface area contributed by atoms with Crippen LogP contribution in [0, 0.1) is 5.41 Å². The molecule has 3 rings (SSSR count). The summed E-state index contributed by atoms with van der Waals surface area (Å²) in [5.74, 6) is -1.48. The van der Waals surface area contributed by atoms with Gasteiger partial charge >= 0.3 is 11.9 Å². The quantitative estimate of drug-likeness (QED) is 0.292. The molecule has 1 amide bonds. The van der Waals surface area contributed by atoms with E-state index in [0.717, 1.165) is 11.6 Å². The van der Waals surface area contributed by atoms with E-state index >= 15 is 0 Å². The van der Waals surface area contributed by atoms with E-state index in [1.807, 2.05) is 13.8 Å². The maximum absolute atomic E-state index is 13.4. The third kappa shape index (κ3) is 7.17. The van der Waals surface area contributed by atoms with Crippen molar-refractivity contribution in [3.63, 3.8) is 0 Å². The lowest BCUT2D eigenvalue weighted by atomic mass is 9.70. The van der Waals surface area contributed by atoms with E-state index in [1.54, 1.807) is 49.4 Å². The molecule has 0 spiro atoms. The van der Waals surface area contributed by atoms with Crippen molar-refractivity contribution >= 4 is 41.0 Å². The van der Waals surface area contributed by atoms with Crippen molar-refractivity contribution in [1.82, 2.24) is 5.32 Å². The van der Waals surface area contributed by atoms with Gasteiger partial charge in [0.05, 0.1) is 7.11 Å². The van der Waals surface area contributed by atoms with Crippen LogP contribution in [0.25, 0.3) is 0 Å². The molecule has 9 heteroatoms. The monoisotopic (exact) mass is 559 g/mol. The largest absolute Gasteiger partial charge is 0.489 e. The molecule has 2 N–H and O–H groups in total. The molecule has 2 aromatic rings. The molecule has 0 fully saturated rings. The lowest BCUT2D eigenvalue weighted by Crippen LogP contribution is -2.46. The smallest absolute Gasteiger partial charge is 0.328 e. The number of carbonyl (C=O) groups is 3. The predicted octanol–water partition coefficient (Wildman–Crippen LogP) is 5.92. The van der Waals surface area contributed by atoms with Gasteiger partial charge in [0, 0.05) is 33.7 Å². The number of carboxylic acid groups (broad SMARTS) is 1. The Kier molecular flexibility index (Phi) is 9.63. The number of rotatable bonds is 9. The van der Waals surface area contributed by atoms with Gasteiger partial charge in [-0.05, 0) is 66.2 Å². The van der Waals surface area contributed by atoms with Crippen molar-refractivity contribution in [3.8, 4) is 5.75 Å². The molecule has 202 valence electrons. The number of amides is 1. The fraction of sp³-hybridized carbons (Fsp3) is 0.345. The molecule has 0 bridgehead atoms. The number of methoxy groups -OCH3 is 1. The fourth-order valence-electron chi connectivity index (χ4n) is 4.58. The zero-order chi connectivity index (χ0) is 28.0. The van der Waals surface area contributed by atoms with E-state index in [-0.39, 0.29) is 13.0 Å². The second-order valence-corrected chi connectivity index (χ2v) is 10.6. The van der Waals surface area contributed by atoms with Gasteiger partial charge in [0.15, 0.2) is 0 Å². The van der Waals surface area contributed by atoms with Gasteiger partial charge in [-0.3, -0.25) is 4.79 Å². The molecule has 38 heavy (non-hydrogen) atoms. The molecule has 0 radical (unpaired) electrons. The molecule has 2 aromatic carbocycles. The van der Waals surface area contributed by atoms with Crippen LogP contribution in [-0.4, -0.2) is 36.1 Å². The Bertz CT molecular complexity index is 1260. The van der Waals surface area contributed by atoms with Gasteiger partial charge in [-0.1, -0.05) is 55.2 Å². The molecule has 1 aliphatic rings. The molecule has 1 aliphatic carbocycles. The number of ether oxygens (including phenoxy) is 2. The molecule has 0 saturated heterocycles. The highest BCUT2D eigenvalue weighted by Gasteiger charge is 2.36. The van der Waals surface area contributed by atoms with Crippen LogP contribution < -0.4 is 10.1 Å². The predicted molar refractivity (Wildman–Crippen MR) is 146 cm³/mol. The molecule has 0 heterocycles. The minimum atomic E-state index is -1.06. The molecule has 0 aromatic heterocycles. The average Bonchev–Trinajstić information content (AvgIpc) is 2.85. The van der Waals surface area contributed by atoms with Crippen LogP contribution in [0.2, 0.25) is 10.0 Å². The van der Waals surface area contributed by atoms with E-state index in [2.05, 4.69) is 5.32 Å². The summed E-state index contributed by atoms with van der Waals surface area (Å²) < 4.78 is 10.8. The van der Waals surface area contributed by atoms with Gasteiger partial charge in [-0.15, -0.1) is 0 Å². The van der Waals surface area contributed by atoms with Crippen molar-refractivity contribution in [2.24, 2.45) is 5.41 Å². The number of benzene rings is 2. The SMILES string of the molecule is COC(=O)[C@H](Cc1ccc(OCc2c(Cl)cccc2Cl)cc1)NC(=O)C1=C(C)C(=CC(=O)O)CCC1(C)C. The molecule has 0 saturated carbocycles. The van der Waals surface area contributed by atoms with E-state index < -0.39 is 29.3 Å². The summed E-state index contributed by atoms with van der Waals surface area (Å²) in [6.07, 6.45) is 2.49. The van der Waals surface area contributed by atoms with Crippen LogP contribution in [-0.2, 0) is 32.1 Å². The summed E-state index contributed by atoms with van der Waals surface area (Å²) >= 11 is 12.4. The first kappa shape index (κ1) is 29.3. The standard InChI is InChI=1S/C29H31Cl2NO6/c1-17-19(15-25(33)34)12-13-29(2,3)26(17)27(35)32-24(28(36)37-4)14-18-8-10-20(11-9-18)38-16-21-22(30)6-5-7-23(21)31/h5-11,15,24H,12-14,16H2,1-4H3,(H,32,35)(H,33,34)/t24-/m0/s1. The number of carboxylic acids is 1. The zero-order valence-electron chi connectivity index (χ0n) is 21.8. The van der Waals surface area contributed by atoms with Crippen LogP contribution in [0.1, 0.15) is 44.7 Å². The lowest BCUT2D eigenvalue weighted by molar-refractivity contribution is -0.144. The maximum atomic E-state index is 13.4. The van der Waals surface area contributed by atoms with Crippen molar-refractivity contribution in [2.75, 3.05) is 7.11 Å². The summed E-state index contributed by atoms with van der Waals surface area (Å²) in [6, 6.07) is 11.4. The highest BCUT2D eigenvalue weighted by atomic mass is 35.5. The van der Waals surface area contributed by atoms with Crippen LogP contribution in [0.5, 0.6) is 5.75 Å². The van der Waals surface area contributed by atoms with Crippen LogP contribution >= 0.6 is 23.2 Å². The topological polar surface area (TPSA) is 102 Å². The Labute approximate surface area is 232 Å². The highest BCUT2D eigenvalue weighted by molar-refractivity contribution is 6.35. The second kappa shape index (κ2) is 12.5. The fourth-order valence-corrected chi connectivity index (χ4v) is 5.09. The van der Waals surface area contributed by atoms with Crippen LogP contribution in [0.15, 0.2) is 65.3 Å². The first-order chi connectivity index (χ1) is 17.9. The van der Waals surface area contributed by atoms with Gasteiger partial charge in [0.2, 0.25) is 5.91 Å². The van der Waals surface area contributed by atoms with E-state index in [4.69, 9.17) is 32.7 Å². The Morgan fingerprint density at radius 1 is 1.11 bits per heavy atom. The van der Waals surface area contributed by atoms with Crippen molar-refractivity contribution in [2.45, 2.75) is 52.7 Å². The second-order valence-electron chi connectivity index (χ2n) is 9.78. The minimum Gasteiger partial charge on any atom is -0.489 e. The summed E-state index contributed by atoms with van der Waals surface area (Å²) in [4.78, 5) is 37.2. The van der Waals surface area contributed by atoms with Crippen molar-refractivity contribution < 1.29 is 29.0 Å². The normalized spacial score (nSPS) is 16.6. The number of aliphatic carboxylic acids is 1. The van der Waals surface area contributed by atoms with Gasteiger partial charge < -0.3 is 19.9 Å². The molecule has 7 nitrogen and oxygen atoms in total. The van der Waals surface area contributed by atoms with Crippen molar-refractivity contribution in [3.05, 3.63) is 86.4 Å². The zero-order valence-corrected chi connectivity index (χ0v) is 23.3. The number of nitrogens with one attached hydrogen (secondary N) is 1. The van der Waals surface area contributed by atoms with E-state index in [9.17, 15) is 19.5 Å². The Morgan fingerprint density at radius 2 is 1.74 bits per heavy atom. The number of carbonyl (C=O) groups excluding carboxylic acids is 2. The van der Waals surface area contributed by atoms with Gasteiger partial charge in [0.25, 0.3) is 0 Å². The molecule has 0 aliphatic heterocycles. The summed E-state index contributed by atoms with van der Waals surface area (Å²) in [5, 5.41) is 13.1. The lowest BCUT2D eigenvalue weighted by Gasteiger charge is -2.35. The summed E-state index contributed by atoms with van der Waals surface area (Å²) in [5.41, 5.74) is 2.66. The maximum Gasteiger partial charge on any atom is 0.328 e. The van der Waals surface area contributed by atoms with E-state index in [1.165, 1.54) is 7.11 Å². The van der Waals surface area contributed by atoms with Crippen molar-refractivity contribution in [1.29, 1.82) is 0 Å². The van der Waals surface area contributed by atoms with Gasteiger partial charge in [0.1, 0.15) is 18.4 Å². The number of hydrogen-bond acceptors (Lipinski definition) is 5. The number of esters is 1. The third-order valence-electron chi connectivity index (χ3n) is 6.68. The third-order valence-corrected chi connectivity index (χ3v) is 7.38. The van der Waals surface area contributed by atoms with Crippen LogP contribution in [0.4, 0.5) is 0 Å². The first-order valence-electron chi connectivity index (χ1n) is 12.1. The number of halogens is 2. The molecular formula is C29H31Cl2NO6. The summed E-state index contributed by atoms with van der Waals surface area (Å²) in [6.45, 7) is 5.81. The van der Waals surface area contributed by atoms with E-state index in [0.29, 0.717) is 50.9 Å². The minimum absolute atomic E-state index is 0.194. The number of hydrogen-bond donors (Lipinski definition) is 2. The number of allylic oxidation sites excluding steroid dienone is 2. The average molecular weight is 560 g/mol.